The van der Waals surface area contributed by atoms with E-state index in [1.807, 2.05) is 60.7 Å². The Bertz CT molecular complexity index is 1440. The Morgan fingerprint density at radius 3 is 2.00 bits per heavy atom. The maximum atomic E-state index is 15.1. The molecule has 0 saturated heterocycles. The Labute approximate surface area is 206 Å². The quantitative estimate of drug-likeness (QED) is 0.204. The topological polar surface area (TPSA) is 34.1 Å². The van der Waals surface area contributed by atoms with Crippen LogP contribution in [0.15, 0.2) is 113 Å². The van der Waals surface area contributed by atoms with E-state index in [0.29, 0.717) is 16.0 Å². The number of thioether (sulfide) groups is 2. The van der Waals surface area contributed by atoms with Crippen molar-refractivity contribution in [2.24, 2.45) is 0 Å². The Kier molecular flexibility index (Phi) is 7.15. The maximum Gasteiger partial charge on any atom is 0.219 e. The molecule has 34 heavy (non-hydrogen) atoms. The van der Waals surface area contributed by atoms with E-state index < -0.39 is 0 Å². The molecule has 0 aliphatic heterocycles. The molecular formula is C29H21FO2S2. The first-order valence-corrected chi connectivity index (χ1v) is 12.1. The van der Waals surface area contributed by atoms with Gasteiger partial charge in [-0.3, -0.25) is 9.59 Å². The van der Waals surface area contributed by atoms with E-state index in [1.165, 1.54) is 12.1 Å². The van der Waals surface area contributed by atoms with Gasteiger partial charge in [0.15, 0.2) is 0 Å². The summed E-state index contributed by atoms with van der Waals surface area (Å²) in [5, 5.41) is 1.65. The van der Waals surface area contributed by atoms with Gasteiger partial charge in [-0.15, -0.1) is 0 Å². The molecule has 5 heteroatoms. The first-order chi connectivity index (χ1) is 16.4. The largest absolute Gasteiger partial charge is 0.282 e. The lowest BCUT2D eigenvalue weighted by Crippen LogP contribution is -1.93. The van der Waals surface area contributed by atoms with Crippen LogP contribution in [0.1, 0.15) is 6.92 Å². The third-order valence-corrected chi connectivity index (χ3v) is 7.16. The summed E-state index contributed by atoms with van der Waals surface area (Å²) >= 11 is 2.10. The highest BCUT2D eigenvalue weighted by molar-refractivity contribution is 8.14. The lowest BCUT2D eigenvalue weighted by Gasteiger charge is -2.13. The van der Waals surface area contributed by atoms with Gasteiger partial charge in [-0.25, -0.2) is 4.39 Å². The molecule has 0 N–H and O–H groups in total. The monoisotopic (exact) mass is 484 g/mol. The molecule has 0 atom stereocenters. The molecule has 0 aliphatic carbocycles. The zero-order valence-electron chi connectivity index (χ0n) is 18.5. The van der Waals surface area contributed by atoms with Gasteiger partial charge < -0.3 is 0 Å². The second kappa shape index (κ2) is 10.2. The Morgan fingerprint density at radius 2 is 1.38 bits per heavy atom. The van der Waals surface area contributed by atoms with Gasteiger partial charge in [0, 0.05) is 15.4 Å². The van der Waals surface area contributed by atoms with E-state index in [9.17, 15) is 9.59 Å². The predicted octanol–water partition coefficient (Wildman–Crippen LogP) is 8.31. The number of hydrogen-bond acceptors (Lipinski definition) is 4. The summed E-state index contributed by atoms with van der Waals surface area (Å²) in [4.78, 5) is 24.9. The summed E-state index contributed by atoms with van der Waals surface area (Å²) in [5.41, 5.74) is 3.71. The second-order valence-electron chi connectivity index (χ2n) is 7.67. The van der Waals surface area contributed by atoms with Crippen LogP contribution in [-0.2, 0) is 9.59 Å². The van der Waals surface area contributed by atoms with Crippen molar-refractivity contribution in [1.82, 2.24) is 0 Å². The lowest BCUT2D eigenvalue weighted by atomic mass is 9.92. The zero-order chi connectivity index (χ0) is 24.2. The zero-order valence-corrected chi connectivity index (χ0v) is 20.1. The molecule has 0 amide bonds. The van der Waals surface area contributed by atoms with Crippen molar-refractivity contribution in [1.29, 1.82) is 0 Å². The fourth-order valence-electron chi connectivity index (χ4n) is 3.62. The molecule has 4 rings (SSSR count). The van der Waals surface area contributed by atoms with Gasteiger partial charge in [0.25, 0.3) is 0 Å². The standard InChI is InChI=1S/C29H21FO2S2/c1-4-28(31)33-20-11-9-19(10-12-20)22-15-16-25(24-8-6-5-7-23(22)24)26-14-13-21(17-27(26)30)34-29(32)18(2)3/h4-17H,1-2H2,3H3. The van der Waals surface area contributed by atoms with Crippen molar-refractivity contribution < 1.29 is 14.0 Å². The van der Waals surface area contributed by atoms with E-state index in [1.54, 1.807) is 19.1 Å². The number of rotatable bonds is 6. The SMILES string of the molecule is C=CC(=O)Sc1ccc(-c2ccc(-c3ccc(SC(=O)C(=C)C)cc3F)c3ccccc23)cc1. The average molecular weight is 485 g/mol. The molecule has 0 radical (unpaired) electrons. The number of carbonyl (C=O) groups excluding carboxylic acids is 2. The fourth-order valence-corrected chi connectivity index (χ4v) is 4.89. The summed E-state index contributed by atoms with van der Waals surface area (Å²) in [6, 6.07) is 24.4. The molecular weight excluding hydrogens is 463 g/mol. The van der Waals surface area contributed by atoms with Gasteiger partial charge in [-0.1, -0.05) is 67.8 Å². The van der Waals surface area contributed by atoms with Gasteiger partial charge in [-0.05, 0) is 93.8 Å². The highest BCUT2D eigenvalue weighted by Crippen LogP contribution is 2.38. The van der Waals surface area contributed by atoms with Crippen molar-refractivity contribution in [2.75, 3.05) is 0 Å². The molecule has 0 unspecified atom stereocenters. The molecule has 0 aliphatic rings. The number of hydrogen-bond donors (Lipinski definition) is 0. The molecule has 0 spiro atoms. The fraction of sp³-hybridized carbons (Fsp3) is 0.0345. The highest BCUT2D eigenvalue weighted by Gasteiger charge is 2.14. The first kappa shape index (κ1) is 23.7. The Morgan fingerprint density at radius 1 is 0.794 bits per heavy atom. The molecule has 0 fully saturated rings. The smallest absolute Gasteiger partial charge is 0.219 e. The van der Waals surface area contributed by atoms with Crippen LogP contribution in [0.3, 0.4) is 0 Å². The third-order valence-electron chi connectivity index (χ3n) is 5.26. The molecule has 0 bridgehead atoms. The second-order valence-corrected chi connectivity index (χ2v) is 9.79. The van der Waals surface area contributed by atoms with E-state index in [2.05, 4.69) is 13.2 Å². The van der Waals surface area contributed by atoms with Crippen LogP contribution in [0.25, 0.3) is 33.0 Å². The molecule has 2 nitrogen and oxygen atoms in total. The molecule has 0 saturated carbocycles. The van der Waals surface area contributed by atoms with Gasteiger partial charge in [0.2, 0.25) is 10.2 Å². The van der Waals surface area contributed by atoms with Crippen LogP contribution in [0.5, 0.6) is 0 Å². The van der Waals surface area contributed by atoms with E-state index in [0.717, 1.165) is 55.9 Å². The summed E-state index contributed by atoms with van der Waals surface area (Å²) in [7, 11) is 0. The van der Waals surface area contributed by atoms with Crippen LogP contribution in [0.2, 0.25) is 0 Å². The predicted molar refractivity (Wildman–Crippen MR) is 142 cm³/mol. The summed E-state index contributed by atoms with van der Waals surface area (Å²) in [6.07, 6.45) is 1.30. The van der Waals surface area contributed by atoms with Crippen LogP contribution in [0.4, 0.5) is 4.39 Å². The molecule has 4 aromatic carbocycles. The van der Waals surface area contributed by atoms with E-state index in [-0.39, 0.29) is 16.0 Å². The van der Waals surface area contributed by atoms with Crippen molar-refractivity contribution >= 4 is 44.5 Å². The van der Waals surface area contributed by atoms with Crippen LogP contribution in [0, 0.1) is 5.82 Å². The minimum absolute atomic E-state index is 0.0991. The van der Waals surface area contributed by atoms with Crippen LogP contribution < -0.4 is 0 Å². The third kappa shape index (κ3) is 5.06. The molecule has 0 aromatic heterocycles. The number of carbonyl (C=O) groups is 2. The van der Waals surface area contributed by atoms with E-state index in [4.69, 9.17) is 0 Å². The molecule has 0 heterocycles. The maximum absolute atomic E-state index is 15.1. The minimum atomic E-state index is -0.384. The van der Waals surface area contributed by atoms with Crippen molar-refractivity contribution in [3.63, 3.8) is 0 Å². The molecule has 4 aromatic rings. The number of benzene rings is 4. The molecule has 168 valence electrons. The Balaban J connectivity index is 1.73. The number of fused-ring (bicyclic) bond motifs is 1. The minimum Gasteiger partial charge on any atom is -0.282 e. The Hall–Kier alpha value is -3.41. The number of halogens is 1. The van der Waals surface area contributed by atoms with Crippen LogP contribution >= 0.6 is 23.5 Å². The van der Waals surface area contributed by atoms with Gasteiger partial charge in [0.1, 0.15) is 5.82 Å². The van der Waals surface area contributed by atoms with Crippen molar-refractivity contribution in [3.8, 4) is 22.3 Å². The van der Waals surface area contributed by atoms with Gasteiger partial charge >= 0.3 is 0 Å². The van der Waals surface area contributed by atoms with Crippen molar-refractivity contribution in [2.45, 2.75) is 16.7 Å². The first-order valence-electron chi connectivity index (χ1n) is 10.5. The van der Waals surface area contributed by atoms with Gasteiger partial charge in [-0.2, -0.15) is 0 Å². The lowest BCUT2D eigenvalue weighted by molar-refractivity contribution is -0.108. The van der Waals surface area contributed by atoms with Gasteiger partial charge in [0.05, 0.1) is 0 Å². The van der Waals surface area contributed by atoms with Crippen molar-refractivity contribution in [3.05, 3.63) is 109 Å². The average Bonchev–Trinajstić information content (AvgIpc) is 2.84. The summed E-state index contributed by atoms with van der Waals surface area (Å²) in [6.45, 7) is 8.79. The normalized spacial score (nSPS) is 10.8. The van der Waals surface area contributed by atoms with E-state index >= 15 is 4.39 Å². The summed E-state index contributed by atoms with van der Waals surface area (Å²) in [5.74, 6) is -0.384. The summed E-state index contributed by atoms with van der Waals surface area (Å²) < 4.78 is 15.1. The van der Waals surface area contributed by atoms with Crippen LogP contribution in [-0.4, -0.2) is 10.2 Å². The highest BCUT2D eigenvalue weighted by atomic mass is 32.2.